The molecule has 0 saturated heterocycles. The van der Waals surface area contributed by atoms with Crippen molar-refractivity contribution in [2.75, 3.05) is 33.7 Å². The van der Waals surface area contributed by atoms with Crippen LogP contribution in [0.3, 0.4) is 0 Å². The van der Waals surface area contributed by atoms with E-state index in [9.17, 15) is 9.59 Å². The number of nitrogens with one attached hydrogen (secondary N) is 1. The molecule has 2 amide bonds. The van der Waals surface area contributed by atoms with E-state index >= 15 is 0 Å². The summed E-state index contributed by atoms with van der Waals surface area (Å²) in [4.78, 5) is 26.9. The van der Waals surface area contributed by atoms with E-state index in [-0.39, 0.29) is 23.9 Å². The Morgan fingerprint density at radius 2 is 1.67 bits per heavy atom. The highest BCUT2D eigenvalue weighted by atomic mass is 16.2. The summed E-state index contributed by atoms with van der Waals surface area (Å²) in [6.45, 7) is 8.94. The minimum absolute atomic E-state index is 0.0576. The summed E-state index contributed by atoms with van der Waals surface area (Å²) < 4.78 is 0. The number of amides is 2. The summed E-state index contributed by atoms with van der Waals surface area (Å²) in [5.74, 6) is -0.166. The van der Waals surface area contributed by atoms with Crippen LogP contribution in [0.4, 0.5) is 0 Å². The molecule has 0 aromatic heterocycles. The zero-order chi connectivity index (χ0) is 14.3. The quantitative estimate of drug-likeness (QED) is 0.762. The number of carbonyl (C=O) groups excluding carboxylic acids is 2. The molecule has 0 aromatic carbocycles. The van der Waals surface area contributed by atoms with Gasteiger partial charge in [-0.3, -0.25) is 9.59 Å². The molecule has 0 heterocycles. The first-order valence-corrected chi connectivity index (χ1v) is 6.33. The Balaban J connectivity index is 4.19. The second kappa shape index (κ2) is 7.36. The molecule has 0 aliphatic carbocycles. The Morgan fingerprint density at radius 3 is 2.06 bits per heavy atom. The maximum atomic E-state index is 11.8. The Hall–Kier alpha value is -1.10. The lowest BCUT2D eigenvalue weighted by atomic mass is 10.1. The van der Waals surface area contributed by atoms with Crippen molar-refractivity contribution in [3.05, 3.63) is 0 Å². The highest BCUT2D eigenvalue weighted by Gasteiger charge is 2.18. The summed E-state index contributed by atoms with van der Waals surface area (Å²) in [5.41, 5.74) is -0.261. The first-order valence-electron chi connectivity index (χ1n) is 6.33. The molecule has 0 rings (SSSR count). The number of rotatable bonds is 6. The highest BCUT2D eigenvalue weighted by Crippen LogP contribution is 2.00. The van der Waals surface area contributed by atoms with Crippen LogP contribution in [0.5, 0.6) is 0 Å². The van der Waals surface area contributed by atoms with Crippen LogP contribution in [0.1, 0.15) is 34.1 Å². The number of hydrogen-bond acceptors (Lipinski definition) is 3. The molecule has 0 aliphatic heterocycles. The predicted octanol–water partition coefficient (Wildman–Crippen LogP) is 0.701. The van der Waals surface area contributed by atoms with Crippen molar-refractivity contribution in [3.8, 4) is 0 Å². The van der Waals surface area contributed by atoms with Crippen LogP contribution in [-0.4, -0.2) is 60.9 Å². The fraction of sp³-hybridized carbons (Fsp3) is 0.846. The molecule has 0 aliphatic rings. The molecule has 0 fully saturated rings. The van der Waals surface area contributed by atoms with Crippen molar-refractivity contribution >= 4 is 11.8 Å². The third-order valence-electron chi connectivity index (χ3n) is 2.33. The Kier molecular flexibility index (Phi) is 6.91. The van der Waals surface area contributed by atoms with Crippen molar-refractivity contribution in [2.45, 2.75) is 39.7 Å². The van der Waals surface area contributed by atoms with Crippen molar-refractivity contribution in [3.63, 3.8) is 0 Å². The van der Waals surface area contributed by atoms with Crippen LogP contribution >= 0.6 is 0 Å². The van der Waals surface area contributed by atoms with Crippen LogP contribution < -0.4 is 5.32 Å². The minimum atomic E-state index is -0.261. The second-order valence-corrected chi connectivity index (χ2v) is 5.90. The van der Waals surface area contributed by atoms with E-state index in [0.717, 1.165) is 13.0 Å². The van der Waals surface area contributed by atoms with Gasteiger partial charge in [0, 0.05) is 19.0 Å². The molecular formula is C13H27N3O2. The van der Waals surface area contributed by atoms with Crippen LogP contribution in [0.25, 0.3) is 0 Å². The maximum absolute atomic E-state index is 11.8. The number of nitrogens with zero attached hydrogens (tertiary/aromatic N) is 2. The van der Waals surface area contributed by atoms with Gasteiger partial charge in [-0.2, -0.15) is 0 Å². The Morgan fingerprint density at radius 1 is 1.11 bits per heavy atom. The second-order valence-electron chi connectivity index (χ2n) is 5.90. The van der Waals surface area contributed by atoms with Gasteiger partial charge in [0.05, 0.1) is 6.54 Å². The molecule has 0 spiro atoms. The normalized spacial score (nSPS) is 11.5. The Labute approximate surface area is 111 Å². The molecule has 0 saturated carbocycles. The SMILES string of the molecule is CC(=O)N(CCCN(C)C)CC(=O)NC(C)(C)C. The van der Waals surface area contributed by atoms with Crippen molar-refractivity contribution < 1.29 is 9.59 Å². The standard InChI is InChI=1S/C13H27N3O2/c1-11(17)16(9-7-8-15(5)6)10-12(18)14-13(2,3)4/h7-10H2,1-6H3,(H,14,18). The minimum Gasteiger partial charge on any atom is -0.350 e. The zero-order valence-electron chi connectivity index (χ0n) is 12.5. The van der Waals surface area contributed by atoms with Crippen LogP contribution in [-0.2, 0) is 9.59 Å². The first-order chi connectivity index (χ1) is 8.11. The van der Waals surface area contributed by atoms with Gasteiger partial charge in [-0.05, 0) is 47.8 Å². The van der Waals surface area contributed by atoms with Gasteiger partial charge in [-0.1, -0.05) is 0 Å². The molecule has 0 aromatic rings. The predicted molar refractivity (Wildman–Crippen MR) is 73.3 cm³/mol. The molecule has 0 bridgehead atoms. The molecule has 18 heavy (non-hydrogen) atoms. The summed E-state index contributed by atoms with van der Waals surface area (Å²) in [5, 5.41) is 2.86. The molecule has 0 radical (unpaired) electrons. The van der Waals surface area contributed by atoms with E-state index in [1.165, 1.54) is 6.92 Å². The number of hydrogen-bond donors (Lipinski definition) is 1. The molecule has 1 N–H and O–H groups in total. The smallest absolute Gasteiger partial charge is 0.240 e. The first kappa shape index (κ1) is 16.9. The Bertz CT molecular complexity index is 282. The van der Waals surface area contributed by atoms with Crippen molar-refractivity contribution in [2.24, 2.45) is 0 Å². The monoisotopic (exact) mass is 257 g/mol. The lowest BCUT2D eigenvalue weighted by molar-refractivity contribution is -0.135. The van der Waals surface area contributed by atoms with Crippen LogP contribution in [0, 0.1) is 0 Å². The van der Waals surface area contributed by atoms with Gasteiger partial charge in [0.15, 0.2) is 0 Å². The molecule has 0 unspecified atom stereocenters. The lowest BCUT2D eigenvalue weighted by Gasteiger charge is -2.25. The van der Waals surface area contributed by atoms with Gasteiger partial charge >= 0.3 is 0 Å². The van der Waals surface area contributed by atoms with E-state index in [2.05, 4.69) is 10.2 Å². The molecule has 0 atom stereocenters. The molecular weight excluding hydrogens is 230 g/mol. The van der Waals surface area contributed by atoms with E-state index in [1.807, 2.05) is 34.9 Å². The molecule has 5 nitrogen and oxygen atoms in total. The van der Waals surface area contributed by atoms with E-state index in [1.54, 1.807) is 4.90 Å². The maximum Gasteiger partial charge on any atom is 0.240 e. The average Bonchev–Trinajstić information content (AvgIpc) is 2.12. The van der Waals surface area contributed by atoms with Gasteiger partial charge in [0.1, 0.15) is 0 Å². The zero-order valence-corrected chi connectivity index (χ0v) is 12.5. The third-order valence-corrected chi connectivity index (χ3v) is 2.33. The van der Waals surface area contributed by atoms with Gasteiger partial charge < -0.3 is 15.1 Å². The van der Waals surface area contributed by atoms with E-state index < -0.39 is 0 Å². The van der Waals surface area contributed by atoms with E-state index in [4.69, 9.17) is 0 Å². The molecule has 5 heteroatoms. The highest BCUT2D eigenvalue weighted by molar-refractivity contribution is 5.84. The summed E-state index contributed by atoms with van der Waals surface area (Å²) >= 11 is 0. The van der Waals surface area contributed by atoms with Gasteiger partial charge in [-0.25, -0.2) is 0 Å². The van der Waals surface area contributed by atoms with Gasteiger partial charge in [0.2, 0.25) is 11.8 Å². The summed E-state index contributed by atoms with van der Waals surface area (Å²) in [6, 6.07) is 0. The van der Waals surface area contributed by atoms with E-state index in [0.29, 0.717) is 6.54 Å². The lowest BCUT2D eigenvalue weighted by Crippen LogP contribution is -2.47. The largest absolute Gasteiger partial charge is 0.350 e. The fourth-order valence-electron chi connectivity index (χ4n) is 1.56. The summed E-state index contributed by atoms with van der Waals surface area (Å²) in [6.07, 6.45) is 0.870. The van der Waals surface area contributed by atoms with Gasteiger partial charge in [0.25, 0.3) is 0 Å². The summed E-state index contributed by atoms with van der Waals surface area (Å²) in [7, 11) is 3.98. The average molecular weight is 257 g/mol. The van der Waals surface area contributed by atoms with Crippen LogP contribution in [0.2, 0.25) is 0 Å². The topological polar surface area (TPSA) is 52.7 Å². The fourth-order valence-corrected chi connectivity index (χ4v) is 1.56. The van der Waals surface area contributed by atoms with Crippen molar-refractivity contribution in [1.82, 2.24) is 15.1 Å². The molecule has 106 valence electrons. The number of carbonyl (C=O) groups is 2. The van der Waals surface area contributed by atoms with Crippen LogP contribution in [0.15, 0.2) is 0 Å². The van der Waals surface area contributed by atoms with Gasteiger partial charge in [-0.15, -0.1) is 0 Å². The third kappa shape index (κ3) is 8.98. The van der Waals surface area contributed by atoms with Crippen molar-refractivity contribution in [1.29, 1.82) is 0 Å².